The molecular formula is C22H13Br. The van der Waals surface area contributed by atoms with Crippen LogP contribution in [0.4, 0.5) is 0 Å². The number of hydrogen-bond donors (Lipinski definition) is 0. The second-order valence-corrected chi connectivity index (χ2v) is 6.86. The molecule has 0 spiro atoms. The maximum absolute atomic E-state index is 3.52. The Morgan fingerprint density at radius 1 is 0.478 bits per heavy atom. The molecule has 0 radical (unpaired) electrons. The molecule has 4 aromatic rings. The summed E-state index contributed by atoms with van der Waals surface area (Å²) in [4.78, 5) is 0. The lowest BCUT2D eigenvalue weighted by atomic mass is 9.94. The Morgan fingerprint density at radius 3 is 1.83 bits per heavy atom. The third-order valence-electron chi connectivity index (χ3n) is 4.70. The first-order valence-electron chi connectivity index (χ1n) is 7.74. The Balaban J connectivity index is 1.87. The molecule has 1 aliphatic carbocycles. The minimum Gasteiger partial charge on any atom is -0.0616 e. The van der Waals surface area contributed by atoms with E-state index >= 15 is 0 Å². The molecule has 23 heavy (non-hydrogen) atoms. The molecule has 5 rings (SSSR count). The molecule has 0 aliphatic heterocycles. The largest absolute Gasteiger partial charge is 0.0616 e. The third-order valence-corrected chi connectivity index (χ3v) is 5.23. The van der Waals surface area contributed by atoms with Gasteiger partial charge in [0, 0.05) is 4.47 Å². The first kappa shape index (κ1) is 13.1. The van der Waals surface area contributed by atoms with E-state index in [0.29, 0.717) is 0 Å². The summed E-state index contributed by atoms with van der Waals surface area (Å²) in [6.45, 7) is 0. The van der Waals surface area contributed by atoms with E-state index in [4.69, 9.17) is 0 Å². The van der Waals surface area contributed by atoms with Crippen molar-refractivity contribution in [3.63, 3.8) is 0 Å². The highest BCUT2D eigenvalue weighted by Crippen LogP contribution is 2.48. The van der Waals surface area contributed by atoms with Crippen LogP contribution in [0, 0.1) is 0 Å². The minimum absolute atomic E-state index is 1.11. The summed E-state index contributed by atoms with van der Waals surface area (Å²) >= 11 is 3.52. The van der Waals surface area contributed by atoms with Gasteiger partial charge < -0.3 is 0 Å². The molecule has 0 atom stereocenters. The molecule has 0 aromatic heterocycles. The van der Waals surface area contributed by atoms with Gasteiger partial charge in [-0.1, -0.05) is 82.7 Å². The van der Waals surface area contributed by atoms with Crippen molar-refractivity contribution in [1.29, 1.82) is 0 Å². The zero-order chi connectivity index (χ0) is 15.4. The molecule has 1 aliphatic rings. The van der Waals surface area contributed by atoms with Gasteiger partial charge in [-0.2, -0.15) is 0 Å². The summed E-state index contributed by atoms with van der Waals surface area (Å²) in [6, 6.07) is 28.4. The molecule has 0 unspecified atom stereocenters. The van der Waals surface area contributed by atoms with Gasteiger partial charge in [0.15, 0.2) is 0 Å². The van der Waals surface area contributed by atoms with Crippen LogP contribution >= 0.6 is 15.9 Å². The maximum atomic E-state index is 3.52. The predicted octanol–water partition coefficient (Wildman–Crippen LogP) is 6.92. The van der Waals surface area contributed by atoms with Crippen molar-refractivity contribution in [1.82, 2.24) is 0 Å². The minimum atomic E-state index is 1.11. The molecule has 0 nitrogen and oxygen atoms in total. The van der Waals surface area contributed by atoms with E-state index in [2.05, 4.69) is 94.8 Å². The van der Waals surface area contributed by atoms with E-state index in [9.17, 15) is 0 Å². The van der Waals surface area contributed by atoms with Crippen LogP contribution in [0.15, 0.2) is 83.3 Å². The molecule has 0 heterocycles. The summed E-state index contributed by atoms with van der Waals surface area (Å²) in [5.74, 6) is 0. The van der Waals surface area contributed by atoms with Gasteiger partial charge in [-0.15, -0.1) is 0 Å². The van der Waals surface area contributed by atoms with Crippen LogP contribution in [0.2, 0.25) is 0 Å². The van der Waals surface area contributed by atoms with E-state index in [1.54, 1.807) is 0 Å². The Kier molecular flexibility index (Phi) is 2.74. The molecule has 0 fully saturated rings. The summed E-state index contributed by atoms with van der Waals surface area (Å²) in [5.41, 5.74) is 7.96. The van der Waals surface area contributed by atoms with E-state index in [1.165, 1.54) is 44.2 Å². The van der Waals surface area contributed by atoms with Crippen LogP contribution in [-0.2, 0) is 0 Å². The fourth-order valence-electron chi connectivity index (χ4n) is 3.69. The number of fused-ring (bicyclic) bond motifs is 3. The third kappa shape index (κ3) is 1.83. The van der Waals surface area contributed by atoms with Crippen molar-refractivity contribution >= 4 is 26.7 Å². The molecule has 1 heteroatoms. The van der Waals surface area contributed by atoms with Crippen LogP contribution in [0.5, 0.6) is 0 Å². The number of halogens is 1. The van der Waals surface area contributed by atoms with Crippen LogP contribution in [0.1, 0.15) is 0 Å². The maximum Gasteiger partial charge on any atom is 0.0175 e. The van der Waals surface area contributed by atoms with E-state index in [0.717, 1.165) is 4.47 Å². The lowest BCUT2D eigenvalue weighted by Gasteiger charge is -2.09. The summed E-state index contributed by atoms with van der Waals surface area (Å²) in [6.07, 6.45) is 0. The second kappa shape index (κ2) is 4.81. The van der Waals surface area contributed by atoms with E-state index in [1.807, 2.05) is 0 Å². The number of hydrogen-bond acceptors (Lipinski definition) is 0. The monoisotopic (exact) mass is 356 g/mol. The van der Waals surface area contributed by atoms with Gasteiger partial charge in [-0.05, 0) is 56.3 Å². The Hall–Kier alpha value is -2.38. The van der Waals surface area contributed by atoms with Crippen molar-refractivity contribution in [2.24, 2.45) is 0 Å². The summed E-state index contributed by atoms with van der Waals surface area (Å²) in [7, 11) is 0. The fraction of sp³-hybridized carbons (Fsp3) is 0. The molecule has 108 valence electrons. The van der Waals surface area contributed by atoms with Gasteiger partial charge in [-0.3, -0.25) is 0 Å². The highest BCUT2D eigenvalue weighted by atomic mass is 79.9. The van der Waals surface area contributed by atoms with Gasteiger partial charge in [0.2, 0.25) is 0 Å². The van der Waals surface area contributed by atoms with Crippen molar-refractivity contribution in [2.45, 2.75) is 0 Å². The topological polar surface area (TPSA) is 0 Å². The molecule has 0 N–H and O–H groups in total. The van der Waals surface area contributed by atoms with Crippen molar-refractivity contribution in [3.8, 4) is 33.4 Å². The first-order valence-corrected chi connectivity index (χ1v) is 8.54. The van der Waals surface area contributed by atoms with Crippen LogP contribution in [0.25, 0.3) is 44.2 Å². The average Bonchev–Trinajstić information content (AvgIpc) is 2.93. The molecule has 0 bridgehead atoms. The highest BCUT2D eigenvalue weighted by molar-refractivity contribution is 9.10. The van der Waals surface area contributed by atoms with Crippen molar-refractivity contribution < 1.29 is 0 Å². The molecule has 0 amide bonds. The smallest absolute Gasteiger partial charge is 0.0175 e. The standard InChI is InChI=1S/C22H13Br/c23-15-10-8-14(9-11-15)16-12-13-21-18-5-2-1-4-17(18)20-7-3-6-19(16)22(20)21/h1-13H. The Morgan fingerprint density at radius 2 is 1.09 bits per heavy atom. The van der Waals surface area contributed by atoms with Crippen LogP contribution in [0.3, 0.4) is 0 Å². The second-order valence-electron chi connectivity index (χ2n) is 5.94. The normalized spacial score (nSPS) is 11.7. The van der Waals surface area contributed by atoms with Gasteiger partial charge in [0.1, 0.15) is 0 Å². The molecule has 4 aromatic carbocycles. The quantitative estimate of drug-likeness (QED) is 0.306. The average molecular weight is 357 g/mol. The molecule has 0 saturated carbocycles. The lowest BCUT2D eigenvalue weighted by Crippen LogP contribution is -1.83. The number of rotatable bonds is 1. The zero-order valence-electron chi connectivity index (χ0n) is 12.4. The number of benzene rings is 4. The van der Waals surface area contributed by atoms with E-state index < -0.39 is 0 Å². The highest BCUT2D eigenvalue weighted by Gasteiger charge is 2.21. The summed E-state index contributed by atoms with van der Waals surface area (Å²) < 4.78 is 1.11. The van der Waals surface area contributed by atoms with Crippen molar-refractivity contribution in [3.05, 3.63) is 83.3 Å². The predicted molar refractivity (Wildman–Crippen MR) is 102 cm³/mol. The van der Waals surface area contributed by atoms with Gasteiger partial charge in [0.25, 0.3) is 0 Å². The Bertz CT molecular complexity index is 1030. The summed E-state index contributed by atoms with van der Waals surface area (Å²) in [5, 5.41) is 2.72. The van der Waals surface area contributed by atoms with E-state index in [-0.39, 0.29) is 0 Å². The van der Waals surface area contributed by atoms with Crippen molar-refractivity contribution in [2.75, 3.05) is 0 Å². The molecule has 0 saturated heterocycles. The van der Waals surface area contributed by atoms with Gasteiger partial charge >= 0.3 is 0 Å². The Labute approximate surface area is 143 Å². The zero-order valence-corrected chi connectivity index (χ0v) is 14.0. The van der Waals surface area contributed by atoms with Crippen LogP contribution in [-0.4, -0.2) is 0 Å². The lowest BCUT2D eigenvalue weighted by molar-refractivity contribution is 1.62. The SMILES string of the molecule is Brc1ccc(-c2ccc3c4c(cccc24)-c2ccccc2-3)cc1. The fourth-order valence-corrected chi connectivity index (χ4v) is 3.95. The van der Waals surface area contributed by atoms with Gasteiger partial charge in [-0.25, -0.2) is 0 Å². The van der Waals surface area contributed by atoms with Gasteiger partial charge in [0.05, 0.1) is 0 Å². The van der Waals surface area contributed by atoms with Crippen LogP contribution < -0.4 is 0 Å². The first-order chi connectivity index (χ1) is 11.3. The molecular weight excluding hydrogens is 344 g/mol.